The van der Waals surface area contributed by atoms with Gasteiger partial charge in [0.1, 0.15) is 0 Å². The van der Waals surface area contributed by atoms with Gasteiger partial charge in [-0.25, -0.2) is 0 Å². The molecule has 7 nitrogen and oxygen atoms in total. The second-order valence-corrected chi connectivity index (χ2v) is 17.3. The lowest BCUT2D eigenvalue weighted by Gasteiger charge is -2.47. The number of ketones is 1. The summed E-state index contributed by atoms with van der Waals surface area (Å²) >= 11 is 0. The van der Waals surface area contributed by atoms with Crippen LogP contribution in [0, 0.1) is 16.2 Å². The van der Waals surface area contributed by atoms with Crippen molar-refractivity contribution in [1.29, 1.82) is 0 Å². The van der Waals surface area contributed by atoms with E-state index in [0.717, 1.165) is 17.7 Å². The van der Waals surface area contributed by atoms with Crippen molar-refractivity contribution in [3.05, 3.63) is 81.9 Å². The van der Waals surface area contributed by atoms with Gasteiger partial charge in [0.2, 0.25) is 0 Å². The molecule has 3 fully saturated rings. The summed E-state index contributed by atoms with van der Waals surface area (Å²) in [4.78, 5) is 43.9. The van der Waals surface area contributed by atoms with Crippen molar-refractivity contribution in [2.75, 3.05) is 13.1 Å². The predicted octanol–water partition coefficient (Wildman–Crippen LogP) is 8.34. The van der Waals surface area contributed by atoms with Gasteiger partial charge in [0, 0.05) is 28.5 Å². The first-order valence-corrected chi connectivity index (χ1v) is 19.2. The number of carbonyl (C=O) groups is 3. The highest BCUT2D eigenvalue weighted by Gasteiger charge is 2.76. The smallest absolute Gasteiger partial charge is 0.416 e. The summed E-state index contributed by atoms with van der Waals surface area (Å²) in [5.74, 6) is -1.61. The van der Waals surface area contributed by atoms with Gasteiger partial charge < -0.3 is 19.8 Å². The molecule has 2 aromatic rings. The average molecular weight is 738 g/mol. The molecule has 10 heteroatoms. The molecule has 4 aliphatic carbocycles. The SMILES string of the molecule is CCCN(C[C@]1(O)CC[C@H]2c3ccc(cc3C(=O)c3cccc(C(F)(F)F)c3)C[C@@H](O)CCC(C)=CCC[C@@]21C)C(=O)[C@@]12CC[C@@](C)(C(=O)O1)C2(C)C. The summed E-state index contributed by atoms with van der Waals surface area (Å²) < 4.78 is 47.3. The number of hydrogen-bond donors (Lipinski definition) is 2. The molecule has 288 valence electrons. The molecule has 1 aliphatic heterocycles. The predicted molar refractivity (Wildman–Crippen MR) is 195 cm³/mol. The highest BCUT2D eigenvalue weighted by molar-refractivity contribution is 6.10. The Bertz CT molecular complexity index is 1820. The number of benzene rings is 2. The van der Waals surface area contributed by atoms with Crippen molar-refractivity contribution >= 4 is 17.7 Å². The molecular weight excluding hydrogens is 683 g/mol. The molecule has 0 aromatic heterocycles. The standard InChI is InChI=1S/C43H54F3NO6/c1-7-22-47(36(50)42-21-20-40(6,37(51)53-42)38(42,3)4)26-41(52)19-17-34-32-16-14-28(23-31(48)15-13-27(2)10-9-18-39(34,41)5)24-33(32)35(49)29-11-8-12-30(25-29)43(44,45)46/h8,10-12,14,16,24-25,31,34,48,52H,7,9,13,15,17-23,26H2,1-6H3/t31-,34-,39-,40-,41+,42+/m0/s1. The van der Waals surface area contributed by atoms with Crippen molar-refractivity contribution in [3.63, 3.8) is 0 Å². The summed E-state index contributed by atoms with van der Waals surface area (Å²) in [6.07, 6.45) is 1.72. The van der Waals surface area contributed by atoms with Gasteiger partial charge >= 0.3 is 12.1 Å². The Hall–Kier alpha value is -3.50. The second kappa shape index (κ2) is 13.7. The number of rotatable bonds is 7. The fourth-order valence-electron chi connectivity index (χ4n) is 10.0. The van der Waals surface area contributed by atoms with Crippen molar-refractivity contribution < 1.29 is 42.5 Å². The third kappa shape index (κ3) is 6.35. The number of aliphatic hydroxyl groups excluding tert-OH is 1. The molecule has 7 rings (SSSR count). The zero-order valence-corrected chi connectivity index (χ0v) is 31.9. The molecule has 1 saturated heterocycles. The lowest BCUT2D eigenvalue weighted by molar-refractivity contribution is -0.177. The van der Waals surface area contributed by atoms with E-state index in [0.29, 0.717) is 75.5 Å². The highest BCUT2D eigenvalue weighted by Crippen LogP contribution is 2.66. The van der Waals surface area contributed by atoms with Crippen LogP contribution in [-0.4, -0.2) is 63.2 Å². The van der Waals surface area contributed by atoms with Crippen LogP contribution in [0.4, 0.5) is 13.2 Å². The third-order valence-corrected chi connectivity index (χ3v) is 14.0. The fraction of sp³-hybridized carbons (Fsp3) is 0.605. The zero-order chi connectivity index (χ0) is 38.8. The van der Waals surface area contributed by atoms with Crippen LogP contribution in [0.3, 0.4) is 0 Å². The summed E-state index contributed by atoms with van der Waals surface area (Å²) in [5, 5.41) is 23.9. The number of allylic oxidation sites excluding steroid dienone is 2. The summed E-state index contributed by atoms with van der Waals surface area (Å²) in [5.41, 5.74) is -3.49. The number of aliphatic hydroxyl groups is 2. The van der Waals surface area contributed by atoms with E-state index < -0.39 is 51.1 Å². The topological polar surface area (TPSA) is 104 Å². The largest absolute Gasteiger partial charge is 0.448 e. The third-order valence-electron chi connectivity index (χ3n) is 14.0. The minimum absolute atomic E-state index is 0.00263. The Morgan fingerprint density at radius 2 is 1.74 bits per heavy atom. The van der Waals surface area contributed by atoms with Crippen molar-refractivity contribution in [2.45, 2.75) is 135 Å². The maximum atomic E-state index is 14.7. The maximum Gasteiger partial charge on any atom is 0.416 e. The lowest BCUT2D eigenvalue weighted by Crippen LogP contribution is -2.60. The van der Waals surface area contributed by atoms with E-state index in [-0.39, 0.29) is 41.9 Å². The van der Waals surface area contributed by atoms with Crippen LogP contribution in [0.5, 0.6) is 0 Å². The van der Waals surface area contributed by atoms with Gasteiger partial charge in [-0.15, -0.1) is 0 Å². The van der Waals surface area contributed by atoms with Crippen LogP contribution in [0.25, 0.3) is 0 Å². The Labute approximate surface area is 311 Å². The van der Waals surface area contributed by atoms with E-state index >= 15 is 0 Å². The molecule has 2 saturated carbocycles. The molecule has 0 radical (unpaired) electrons. The summed E-state index contributed by atoms with van der Waals surface area (Å²) in [6, 6.07) is 9.85. The molecule has 0 unspecified atom stereocenters. The van der Waals surface area contributed by atoms with E-state index in [1.165, 1.54) is 12.1 Å². The number of amides is 1. The van der Waals surface area contributed by atoms with E-state index in [4.69, 9.17) is 4.74 Å². The van der Waals surface area contributed by atoms with Gasteiger partial charge in [0.25, 0.3) is 5.91 Å². The lowest BCUT2D eigenvalue weighted by atomic mass is 9.64. The first kappa shape index (κ1) is 39.2. The molecule has 5 aliphatic rings. The maximum absolute atomic E-state index is 14.7. The summed E-state index contributed by atoms with van der Waals surface area (Å²) in [7, 11) is 0. The monoisotopic (exact) mass is 737 g/mol. The number of ether oxygens (including phenoxy) is 1. The number of halogens is 3. The molecule has 53 heavy (non-hydrogen) atoms. The second-order valence-electron chi connectivity index (χ2n) is 17.3. The molecular formula is C43H54F3NO6. The van der Waals surface area contributed by atoms with Crippen LogP contribution in [-0.2, 0) is 26.9 Å². The van der Waals surface area contributed by atoms with Gasteiger partial charge in [-0.05, 0) is 113 Å². The number of hydrogen-bond acceptors (Lipinski definition) is 6. The van der Waals surface area contributed by atoms with Crippen molar-refractivity contribution in [1.82, 2.24) is 4.90 Å². The van der Waals surface area contributed by atoms with E-state index in [2.05, 4.69) is 6.08 Å². The molecule has 1 amide bonds. The first-order chi connectivity index (χ1) is 24.7. The van der Waals surface area contributed by atoms with Crippen LogP contribution in [0.1, 0.15) is 138 Å². The van der Waals surface area contributed by atoms with E-state index in [1.807, 2.05) is 53.7 Å². The normalized spacial score (nSPS) is 32.5. The van der Waals surface area contributed by atoms with E-state index in [9.17, 15) is 37.8 Å². The minimum Gasteiger partial charge on any atom is -0.448 e. The molecule has 2 N–H and O–H groups in total. The van der Waals surface area contributed by atoms with Crippen molar-refractivity contribution in [3.8, 4) is 0 Å². The number of carbonyl (C=O) groups excluding carboxylic acids is 3. The quantitative estimate of drug-likeness (QED) is 0.168. The van der Waals surface area contributed by atoms with Crippen LogP contribution in [0.2, 0.25) is 0 Å². The number of esters is 1. The Kier molecular flexibility index (Phi) is 10.1. The van der Waals surface area contributed by atoms with Gasteiger partial charge in [0.05, 0.1) is 29.2 Å². The number of alkyl halides is 3. The first-order valence-electron chi connectivity index (χ1n) is 19.2. The van der Waals surface area contributed by atoms with Gasteiger partial charge in [-0.3, -0.25) is 14.4 Å². The van der Waals surface area contributed by atoms with Gasteiger partial charge in [-0.1, -0.05) is 63.6 Å². The van der Waals surface area contributed by atoms with Crippen molar-refractivity contribution in [2.24, 2.45) is 16.2 Å². The zero-order valence-electron chi connectivity index (χ0n) is 31.9. The Morgan fingerprint density at radius 1 is 1.00 bits per heavy atom. The van der Waals surface area contributed by atoms with Gasteiger partial charge in [0.15, 0.2) is 11.4 Å². The Morgan fingerprint density at radius 3 is 2.38 bits per heavy atom. The molecule has 6 atom stereocenters. The fourth-order valence-corrected chi connectivity index (χ4v) is 10.0. The van der Waals surface area contributed by atoms with E-state index in [1.54, 1.807) is 11.0 Å². The number of nitrogens with zero attached hydrogens (tertiary/aromatic N) is 1. The van der Waals surface area contributed by atoms with Crippen LogP contribution < -0.4 is 0 Å². The average Bonchev–Trinajstić information content (AvgIpc) is 3.53. The molecule has 2 aromatic carbocycles. The highest BCUT2D eigenvalue weighted by atomic mass is 19.4. The molecule has 1 heterocycles. The molecule has 4 bridgehead atoms. The van der Waals surface area contributed by atoms with Gasteiger partial charge in [-0.2, -0.15) is 13.2 Å². The summed E-state index contributed by atoms with van der Waals surface area (Å²) in [6.45, 7) is 12.1. The number of fused-ring (bicyclic) bond motifs is 10. The minimum atomic E-state index is -4.63. The van der Waals surface area contributed by atoms with Crippen LogP contribution >= 0.6 is 0 Å². The molecule has 0 spiro atoms. The Balaban J connectivity index is 1.44. The van der Waals surface area contributed by atoms with Crippen LogP contribution in [0.15, 0.2) is 54.1 Å².